The summed E-state index contributed by atoms with van der Waals surface area (Å²) in [7, 11) is 1.50. The summed E-state index contributed by atoms with van der Waals surface area (Å²) in [6.07, 6.45) is 0.858. The van der Waals surface area contributed by atoms with Crippen molar-refractivity contribution in [2.75, 3.05) is 13.7 Å². The van der Waals surface area contributed by atoms with Gasteiger partial charge in [-0.05, 0) is 59.3 Å². The number of ether oxygens (including phenoxy) is 2. The molecule has 7 heteroatoms. The van der Waals surface area contributed by atoms with Gasteiger partial charge in [0, 0.05) is 30.1 Å². The lowest BCUT2D eigenvalue weighted by Crippen LogP contribution is -2.35. The maximum absolute atomic E-state index is 14.3. The predicted molar refractivity (Wildman–Crippen MR) is 110 cm³/mol. The minimum atomic E-state index is -0.521. The van der Waals surface area contributed by atoms with Crippen LogP contribution in [-0.4, -0.2) is 24.5 Å². The number of halogens is 1. The number of amides is 1. The van der Waals surface area contributed by atoms with Crippen LogP contribution >= 0.6 is 11.3 Å². The Morgan fingerprint density at radius 1 is 1.17 bits per heavy atom. The highest BCUT2D eigenvalue weighted by Crippen LogP contribution is 2.34. The molecule has 0 fully saturated rings. The molecule has 2 heterocycles. The molecule has 0 radical (unpaired) electrons. The second kappa shape index (κ2) is 8.23. The van der Waals surface area contributed by atoms with E-state index in [2.05, 4.69) is 11.4 Å². The molecule has 150 valence electrons. The SMILES string of the molecule is COc1ccc(C(=O)N2CCc3sccc3C2)cc1Oc1ccc(CN)cc1F. The van der Waals surface area contributed by atoms with E-state index in [4.69, 9.17) is 15.2 Å². The van der Waals surface area contributed by atoms with Crippen LogP contribution in [0.5, 0.6) is 17.2 Å². The zero-order valence-electron chi connectivity index (χ0n) is 16.0. The van der Waals surface area contributed by atoms with Gasteiger partial charge >= 0.3 is 0 Å². The van der Waals surface area contributed by atoms with Crippen molar-refractivity contribution in [3.8, 4) is 17.2 Å². The van der Waals surface area contributed by atoms with E-state index in [1.807, 2.05) is 4.90 Å². The van der Waals surface area contributed by atoms with Crippen LogP contribution in [-0.2, 0) is 19.5 Å². The predicted octanol–water partition coefficient (Wildman–Crippen LogP) is 4.35. The van der Waals surface area contributed by atoms with E-state index in [-0.39, 0.29) is 24.0 Å². The maximum atomic E-state index is 14.3. The summed E-state index contributed by atoms with van der Waals surface area (Å²) >= 11 is 1.73. The molecule has 1 aromatic heterocycles. The molecule has 29 heavy (non-hydrogen) atoms. The summed E-state index contributed by atoms with van der Waals surface area (Å²) in [5.74, 6) is 0.139. The largest absolute Gasteiger partial charge is 0.493 e. The van der Waals surface area contributed by atoms with Gasteiger partial charge in [0.25, 0.3) is 5.91 Å². The van der Waals surface area contributed by atoms with Crippen molar-refractivity contribution in [3.05, 3.63) is 75.2 Å². The summed E-state index contributed by atoms with van der Waals surface area (Å²) in [4.78, 5) is 16.2. The molecule has 0 atom stereocenters. The first kappa shape index (κ1) is 19.4. The van der Waals surface area contributed by atoms with Gasteiger partial charge in [0.15, 0.2) is 23.1 Å². The van der Waals surface area contributed by atoms with Crippen LogP contribution < -0.4 is 15.2 Å². The van der Waals surface area contributed by atoms with Crippen LogP contribution in [0.3, 0.4) is 0 Å². The summed E-state index contributed by atoms with van der Waals surface area (Å²) in [5, 5.41) is 2.06. The third kappa shape index (κ3) is 3.97. The average Bonchev–Trinajstić information content (AvgIpc) is 3.22. The van der Waals surface area contributed by atoms with E-state index < -0.39 is 5.82 Å². The number of rotatable bonds is 5. The molecule has 1 amide bonds. The molecule has 3 aromatic rings. The van der Waals surface area contributed by atoms with Gasteiger partial charge in [0.1, 0.15) is 0 Å². The van der Waals surface area contributed by atoms with Crippen molar-refractivity contribution in [2.45, 2.75) is 19.5 Å². The van der Waals surface area contributed by atoms with Gasteiger partial charge in [0.05, 0.1) is 7.11 Å². The number of methoxy groups -OCH3 is 1. The number of fused-ring (bicyclic) bond motifs is 1. The number of hydrogen-bond acceptors (Lipinski definition) is 5. The highest BCUT2D eigenvalue weighted by Gasteiger charge is 2.23. The van der Waals surface area contributed by atoms with Crippen LogP contribution in [0.25, 0.3) is 0 Å². The lowest BCUT2D eigenvalue weighted by Gasteiger charge is -2.27. The van der Waals surface area contributed by atoms with Crippen molar-refractivity contribution >= 4 is 17.2 Å². The minimum Gasteiger partial charge on any atom is -0.493 e. The molecule has 2 aromatic carbocycles. The van der Waals surface area contributed by atoms with Gasteiger partial charge in [-0.25, -0.2) is 4.39 Å². The van der Waals surface area contributed by atoms with E-state index in [0.717, 1.165) is 6.42 Å². The van der Waals surface area contributed by atoms with E-state index in [0.29, 0.717) is 30.0 Å². The fraction of sp³-hybridized carbons (Fsp3) is 0.227. The summed E-state index contributed by atoms with van der Waals surface area (Å²) in [6, 6.07) is 11.6. The van der Waals surface area contributed by atoms with Crippen LogP contribution in [0.4, 0.5) is 4.39 Å². The highest BCUT2D eigenvalue weighted by atomic mass is 32.1. The molecule has 0 unspecified atom stereocenters. The second-order valence-corrected chi connectivity index (χ2v) is 7.78. The second-order valence-electron chi connectivity index (χ2n) is 6.78. The summed E-state index contributed by atoms with van der Waals surface area (Å²) < 4.78 is 25.4. The van der Waals surface area contributed by atoms with Gasteiger partial charge in [-0.2, -0.15) is 0 Å². The highest BCUT2D eigenvalue weighted by molar-refractivity contribution is 7.10. The Balaban J connectivity index is 1.59. The Hall–Kier alpha value is -2.90. The van der Waals surface area contributed by atoms with Crippen molar-refractivity contribution < 1.29 is 18.7 Å². The smallest absolute Gasteiger partial charge is 0.254 e. The standard InChI is InChI=1S/C22H21FN2O3S/c1-27-19-5-3-15(22(26)25-8-6-21-16(13-25)7-9-29-21)11-20(19)28-18-4-2-14(12-24)10-17(18)23/h2-5,7,9-11H,6,8,12-13,24H2,1H3. The van der Waals surface area contributed by atoms with Gasteiger partial charge in [0.2, 0.25) is 0 Å². The summed E-state index contributed by atoms with van der Waals surface area (Å²) in [5.41, 5.74) is 7.88. The average molecular weight is 412 g/mol. The van der Waals surface area contributed by atoms with Crippen LogP contribution in [0.1, 0.15) is 26.4 Å². The van der Waals surface area contributed by atoms with E-state index in [9.17, 15) is 9.18 Å². The molecular formula is C22H21FN2O3S. The van der Waals surface area contributed by atoms with E-state index in [1.54, 1.807) is 35.6 Å². The first-order valence-electron chi connectivity index (χ1n) is 9.28. The number of carbonyl (C=O) groups excluding carboxylic acids is 1. The van der Waals surface area contributed by atoms with E-state index >= 15 is 0 Å². The molecule has 0 spiro atoms. The minimum absolute atomic E-state index is 0.0472. The van der Waals surface area contributed by atoms with Gasteiger partial charge in [-0.3, -0.25) is 4.79 Å². The van der Waals surface area contributed by atoms with Gasteiger partial charge < -0.3 is 20.1 Å². The number of benzene rings is 2. The normalized spacial score (nSPS) is 13.1. The van der Waals surface area contributed by atoms with Gasteiger partial charge in [-0.15, -0.1) is 11.3 Å². The Labute approximate surface area is 172 Å². The number of thiophene rings is 1. The quantitative estimate of drug-likeness (QED) is 0.677. The fourth-order valence-electron chi connectivity index (χ4n) is 3.37. The van der Waals surface area contributed by atoms with Crippen LogP contribution in [0.2, 0.25) is 0 Å². The van der Waals surface area contributed by atoms with Crippen molar-refractivity contribution in [1.82, 2.24) is 4.90 Å². The van der Waals surface area contributed by atoms with Gasteiger partial charge in [-0.1, -0.05) is 6.07 Å². The van der Waals surface area contributed by atoms with Crippen LogP contribution in [0.15, 0.2) is 47.8 Å². The molecule has 0 bridgehead atoms. The Morgan fingerprint density at radius 2 is 2.00 bits per heavy atom. The maximum Gasteiger partial charge on any atom is 0.254 e. The first-order chi connectivity index (χ1) is 14.1. The number of carbonyl (C=O) groups is 1. The monoisotopic (exact) mass is 412 g/mol. The molecular weight excluding hydrogens is 391 g/mol. The number of hydrogen-bond donors (Lipinski definition) is 1. The number of nitrogens with zero attached hydrogens (tertiary/aromatic N) is 1. The lowest BCUT2D eigenvalue weighted by atomic mass is 10.1. The molecule has 0 saturated carbocycles. The molecule has 1 aliphatic heterocycles. The molecule has 2 N–H and O–H groups in total. The molecule has 4 rings (SSSR count). The Kier molecular flexibility index (Phi) is 5.51. The lowest BCUT2D eigenvalue weighted by molar-refractivity contribution is 0.0735. The summed E-state index contributed by atoms with van der Waals surface area (Å²) in [6.45, 7) is 1.50. The Bertz CT molecular complexity index is 1050. The molecule has 0 saturated heterocycles. The van der Waals surface area contributed by atoms with Crippen molar-refractivity contribution in [3.63, 3.8) is 0 Å². The van der Waals surface area contributed by atoms with Crippen molar-refractivity contribution in [1.29, 1.82) is 0 Å². The van der Waals surface area contributed by atoms with E-state index in [1.165, 1.54) is 29.7 Å². The molecule has 5 nitrogen and oxygen atoms in total. The zero-order chi connectivity index (χ0) is 20.4. The Morgan fingerprint density at radius 3 is 2.76 bits per heavy atom. The molecule has 1 aliphatic rings. The fourth-order valence-corrected chi connectivity index (χ4v) is 4.26. The number of nitrogens with two attached hydrogens (primary N) is 1. The topological polar surface area (TPSA) is 64.8 Å². The molecule has 0 aliphatic carbocycles. The third-order valence-corrected chi connectivity index (χ3v) is 5.98. The first-order valence-corrected chi connectivity index (χ1v) is 10.2. The zero-order valence-corrected chi connectivity index (χ0v) is 16.8. The van der Waals surface area contributed by atoms with Crippen molar-refractivity contribution in [2.24, 2.45) is 5.73 Å². The third-order valence-electron chi connectivity index (χ3n) is 4.96. The van der Waals surface area contributed by atoms with Crippen LogP contribution in [0, 0.1) is 5.82 Å².